The molecule has 0 N–H and O–H groups in total. The Morgan fingerprint density at radius 1 is 0.524 bits per heavy atom. The molecule has 0 saturated carbocycles. The third kappa shape index (κ3) is 8.79. The third-order valence-electron chi connectivity index (χ3n) is 8.76. The highest BCUT2D eigenvalue weighted by Gasteiger charge is 2.51. The van der Waals surface area contributed by atoms with Crippen molar-refractivity contribution in [2.45, 2.75) is 103 Å². The van der Waals surface area contributed by atoms with Crippen molar-refractivity contribution in [1.29, 1.82) is 0 Å². The van der Waals surface area contributed by atoms with Gasteiger partial charge in [-0.15, -0.1) is 23.2 Å². The fourth-order valence-corrected chi connectivity index (χ4v) is 5.76. The summed E-state index contributed by atoms with van der Waals surface area (Å²) < 4.78 is 12.6. The van der Waals surface area contributed by atoms with Crippen molar-refractivity contribution in [3.63, 3.8) is 0 Å². The van der Waals surface area contributed by atoms with E-state index in [2.05, 4.69) is 105 Å². The summed E-state index contributed by atoms with van der Waals surface area (Å²) in [5, 5.41) is 0. The van der Waals surface area contributed by atoms with Gasteiger partial charge in [0.15, 0.2) is 0 Å². The highest BCUT2D eigenvalue weighted by molar-refractivity contribution is 6.62. The first-order chi connectivity index (χ1) is 20.2. The highest BCUT2D eigenvalue weighted by Crippen LogP contribution is 2.38. The van der Waals surface area contributed by atoms with E-state index in [0.29, 0.717) is 0 Å². The van der Waals surface area contributed by atoms with Gasteiger partial charge in [0.05, 0.1) is 11.2 Å². The van der Waals surface area contributed by atoms with Crippen molar-refractivity contribution < 1.29 is 9.31 Å². The summed E-state index contributed by atoms with van der Waals surface area (Å²) in [6.45, 7) is 8.37. The number of aryl methyl sites for hydroxylation is 2. The second-order valence-corrected chi connectivity index (χ2v) is 13.3. The average Bonchev–Trinajstić information content (AvgIpc) is 3.21. The second-order valence-electron chi connectivity index (χ2n) is 12.6. The molecule has 0 atom stereocenters. The molecule has 0 aromatic heterocycles. The molecule has 3 aromatic carbocycles. The number of benzene rings is 3. The smallest absolute Gasteiger partial charge is 0.399 e. The Bertz CT molecular complexity index is 1140. The van der Waals surface area contributed by atoms with Crippen LogP contribution in [0.25, 0.3) is 0 Å². The van der Waals surface area contributed by atoms with Gasteiger partial charge in [-0.25, -0.2) is 0 Å². The van der Waals surface area contributed by atoms with Crippen molar-refractivity contribution in [1.82, 2.24) is 0 Å². The first-order valence-corrected chi connectivity index (χ1v) is 16.9. The molecular weight excluding hydrogens is 560 g/mol. The lowest BCUT2D eigenvalue weighted by Gasteiger charge is -2.32. The number of alkyl halides is 2. The minimum Gasteiger partial charge on any atom is -0.399 e. The van der Waals surface area contributed by atoms with Crippen LogP contribution in [0.15, 0.2) is 72.8 Å². The Balaban J connectivity index is 1.53. The highest BCUT2D eigenvalue weighted by atomic mass is 35.5. The summed E-state index contributed by atoms with van der Waals surface area (Å²) in [5.74, 6) is 1.52. The lowest BCUT2D eigenvalue weighted by Crippen LogP contribution is -2.41. The van der Waals surface area contributed by atoms with Gasteiger partial charge >= 0.3 is 7.12 Å². The number of anilines is 3. The van der Waals surface area contributed by atoms with Crippen LogP contribution in [0, 0.1) is 0 Å². The maximum atomic E-state index is 6.30. The fourth-order valence-electron chi connectivity index (χ4n) is 5.38. The van der Waals surface area contributed by atoms with Gasteiger partial charge in [0.1, 0.15) is 0 Å². The van der Waals surface area contributed by atoms with Crippen LogP contribution >= 0.6 is 23.2 Å². The van der Waals surface area contributed by atoms with Gasteiger partial charge in [0, 0.05) is 28.8 Å². The number of rotatable bonds is 16. The van der Waals surface area contributed by atoms with Crippen LogP contribution in [0.1, 0.15) is 90.2 Å². The molecule has 0 amide bonds. The van der Waals surface area contributed by atoms with Crippen LogP contribution in [0.2, 0.25) is 0 Å². The number of hydrogen-bond donors (Lipinski definition) is 0. The third-order valence-corrected chi connectivity index (χ3v) is 9.30. The second kappa shape index (κ2) is 15.7. The zero-order valence-corrected chi connectivity index (χ0v) is 27.5. The molecule has 0 unspecified atom stereocenters. The van der Waals surface area contributed by atoms with Gasteiger partial charge in [-0.3, -0.25) is 0 Å². The summed E-state index contributed by atoms with van der Waals surface area (Å²) in [5.41, 5.74) is 6.48. The van der Waals surface area contributed by atoms with E-state index in [1.165, 1.54) is 49.7 Å². The standard InChI is InChI=1S/C36H48BCl2NO2/c1-35(2)36(3,4)42-37(41-35)31-19-25-34(26-20-31)40(32-21-15-29(16-22-32)13-9-5-7-11-27-38)33-23-17-30(18-24-33)14-10-6-8-12-28-39/h15-26H,5-14,27-28H2,1-4H3. The van der Waals surface area contributed by atoms with Crippen LogP contribution in [0.4, 0.5) is 17.1 Å². The predicted octanol–water partition coefficient (Wildman–Crippen LogP) is 10.1. The molecule has 42 heavy (non-hydrogen) atoms. The summed E-state index contributed by atoms with van der Waals surface area (Å²) >= 11 is 11.7. The maximum Gasteiger partial charge on any atom is 0.494 e. The van der Waals surface area contributed by atoms with Gasteiger partial charge in [-0.2, -0.15) is 0 Å². The first kappa shape index (κ1) is 32.9. The maximum absolute atomic E-state index is 6.30. The quantitative estimate of drug-likeness (QED) is 0.0918. The average molecular weight is 609 g/mol. The van der Waals surface area contributed by atoms with E-state index in [9.17, 15) is 0 Å². The van der Waals surface area contributed by atoms with Crippen LogP contribution in [0.3, 0.4) is 0 Å². The predicted molar refractivity (Wildman–Crippen MR) is 183 cm³/mol. The van der Waals surface area contributed by atoms with Crippen molar-refractivity contribution in [2.24, 2.45) is 0 Å². The van der Waals surface area contributed by atoms with Crippen molar-refractivity contribution in [2.75, 3.05) is 16.7 Å². The number of nitrogens with zero attached hydrogens (tertiary/aromatic N) is 1. The Morgan fingerprint density at radius 2 is 0.881 bits per heavy atom. The number of halogens is 2. The van der Waals surface area contributed by atoms with E-state index in [1.807, 2.05) is 0 Å². The van der Waals surface area contributed by atoms with Gasteiger partial charge in [-0.05, 0) is 119 Å². The Morgan fingerprint density at radius 3 is 1.26 bits per heavy atom. The molecule has 226 valence electrons. The molecule has 3 nitrogen and oxygen atoms in total. The monoisotopic (exact) mass is 607 g/mol. The fraction of sp³-hybridized carbons (Fsp3) is 0.500. The minimum atomic E-state index is -0.370. The first-order valence-electron chi connectivity index (χ1n) is 15.8. The largest absolute Gasteiger partial charge is 0.494 e. The topological polar surface area (TPSA) is 21.7 Å². The summed E-state index contributed by atoms with van der Waals surface area (Å²) in [6.07, 6.45) is 11.7. The van der Waals surface area contributed by atoms with Crippen LogP contribution in [0.5, 0.6) is 0 Å². The molecule has 6 heteroatoms. The number of hydrogen-bond acceptors (Lipinski definition) is 3. The molecule has 0 aliphatic carbocycles. The van der Waals surface area contributed by atoms with Gasteiger partial charge < -0.3 is 14.2 Å². The zero-order valence-electron chi connectivity index (χ0n) is 26.0. The number of unbranched alkanes of at least 4 members (excludes halogenated alkanes) is 6. The van der Waals surface area contributed by atoms with E-state index >= 15 is 0 Å². The molecule has 1 aliphatic heterocycles. The molecular formula is C36H48BCl2NO2. The lowest BCUT2D eigenvalue weighted by atomic mass is 9.79. The molecule has 3 aromatic rings. The molecule has 0 spiro atoms. The molecule has 0 bridgehead atoms. The van der Waals surface area contributed by atoms with Crippen LogP contribution < -0.4 is 10.4 Å². The van der Waals surface area contributed by atoms with Crippen LogP contribution in [-0.4, -0.2) is 30.1 Å². The molecule has 1 aliphatic rings. The van der Waals surface area contributed by atoms with Gasteiger partial charge in [0.25, 0.3) is 0 Å². The minimum absolute atomic E-state index is 0.361. The van der Waals surface area contributed by atoms with E-state index in [-0.39, 0.29) is 18.3 Å². The molecule has 1 fully saturated rings. The van der Waals surface area contributed by atoms with Crippen LogP contribution in [-0.2, 0) is 22.2 Å². The van der Waals surface area contributed by atoms with E-state index in [4.69, 9.17) is 32.5 Å². The molecule has 1 saturated heterocycles. The molecule has 1 heterocycles. The Labute approximate surface area is 265 Å². The lowest BCUT2D eigenvalue weighted by molar-refractivity contribution is 0.00578. The SMILES string of the molecule is CC1(C)OB(c2ccc(N(c3ccc(CCCCCCCl)cc3)c3ccc(CCCCCCCl)cc3)cc2)OC1(C)C. The zero-order chi connectivity index (χ0) is 30.0. The summed E-state index contributed by atoms with van der Waals surface area (Å²) in [4.78, 5) is 2.34. The van der Waals surface area contributed by atoms with Crippen molar-refractivity contribution in [3.05, 3.63) is 83.9 Å². The van der Waals surface area contributed by atoms with E-state index in [0.717, 1.165) is 60.0 Å². The Hall–Kier alpha value is -1.98. The van der Waals surface area contributed by atoms with E-state index in [1.54, 1.807) is 0 Å². The van der Waals surface area contributed by atoms with Gasteiger partial charge in [0.2, 0.25) is 0 Å². The molecule has 4 rings (SSSR count). The normalized spacial score (nSPS) is 15.7. The van der Waals surface area contributed by atoms with Crippen molar-refractivity contribution >= 4 is 52.8 Å². The van der Waals surface area contributed by atoms with E-state index < -0.39 is 0 Å². The van der Waals surface area contributed by atoms with Crippen molar-refractivity contribution in [3.8, 4) is 0 Å². The Kier molecular flexibility index (Phi) is 12.3. The molecule has 0 radical (unpaired) electrons. The summed E-state index contributed by atoms with van der Waals surface area (Å²) in [7, 11) is -0.370. The van der Waals surface area contributed by atoms with Gasteiger partial charge in [-0.1, -0.05) is 62.1 Å². The summed E-state index contributed by atoms with van der Waals surface area (Å²) in [6, 6.07) is 26.7.